The Kier molecular flexibility index (Phi) is 3.20. The normalized spacial score (nSPS) is 10.8. The van der Waals surface area contributed by atoms with Crippen molar-refractivity contribution < 1.29 is 0 Å². The highest BCUT2D eigenvalue weighted by Crippen LogP contribution is 2.25. The molecular formula is C17H14N6. The zero-order chi connectivity index (χ0) is 15.6. The Bertz CT molecular complexity index is 934. The first-order chi connectivity index (χ1) is 11.3. The third kappa shape index (κ3) is 2.50. The van der Waals surface area contributed by atoms with Gasteiger partial charge < -0.3 is 4.90 Å². The molecule has 0 saturated carbocycles. The van der Waals surface area contributed by atoms with Gasteiger partial charge in [-0.2, -0.15) is 5.10 Å². The van der Waals surface area contributed by atoms with E-state index in [1.54, 1.807) is 24.8 Å². The highest BCUT2D eigenvalue weighted by atomic mass is 15.2. The summed E-state index contributed by atoms with van der Waals surface area (Å²) in [5.74, 6) is 0.791. The van der Waals surface area contributed by atoms with Crippen molar-refractivity contribution in [3.8, 4) is 11.1 Å². The van der Waals surface area contributed by atoms with Gasteiger partial charge in [-0.05, 0) is 29.8 Å². The van der Waals surface area contributed by atoms with Gasteiger partial charge in [0.05, 0.1) is 23.4 Å². The van der Waals surface area contributed by atoms with Crippen LogP contribution in [0.2, 0.25) is 0 Å². The van der Waals surface area contributed by atoms with Crippen molar-refractivity contribution in [1.29, 1.82) is 0 Å². The molecule has 4 rings (SSSR count). The third-order valence-corrected chi connectivity index (χ3v) is 3.75. The second-order valence-electron chi connectivity index (χ2n) is 5.18. The molecule has 0 radical (unpaired) electrons. The van der Waals surface area contributed by atoms with E-state index in [-0.39, 0.29) is 0 Å². The van der Waals surface area contributed by atoms with Gasteiger partial charge >= 0.3 is 0 Å². The Balaban J connectivity index is 1.73. The number of aromatic amines is 1. The smallest absolute Gasteiger partial charge is 0.152 e. The molecule has 0 aliphatic heterocycles. The Morgan fingerprint density at radius 2 is 1.83 bits per heavy atom. The molecule has 0 aliphatic carbocycles. The molecule has 0 fully saturated rings. The quantitative estimate of drug-likeness (QED) is 0.629. The lowest BCUT2D eigenvalue weighted by Gasteiger charge is -2.17. The van der Waals surface area contributed by atoms with Gasteiger partial charge in [0, 0.05) is 36.9 Å². The lowest BCUT2D eigenvalue weighted by atomic mass is 10.1. The van der Waals surface area contributed by atoms with Crippen molar-refractivity contribution in [3.05, 3.63) is 61.3 Å². The molecule has 3 heterocycles. The first-order valence-corrected chi connectivity index (χ1v) is 7.21. The molecule has 1 aromatic carbocycles. The van der Waals surface area contributed by atoms with Crippen LogP contribution in [0.4, 0.5) is 11.5 Å². The summed E-state index contributed by atoms with van der Waals surface area (Å²) in [5, 5.41) is 6.80. The van der Waals surface area contributed by atoms with E-state index >= 15 is 0 Å². The van der Waals surface area contributed by atoms with Crippen LogP contribution < -0.4 is 4.90 Å². The van der Waals surface area contributed by atoms with Crippen molar-refractivity contribution >= 4 is 22.5 Å². The van der Waals surface area contributed by atoms with Crippen LogP contribution in [0, 0.1) is 0 Å². The van der Waals surface area contributed by atoms with Crippen LogP contribution in [-0.2, 0) is 0 Å². The van der Waals surface area contributed by atoms with Gasteiger partial charge in [0.25, 0.3) is 0 Å². The molecule has 0 unspecified atom stereocenters. The standard InChI is InChI=1S/C17H14N6/c1-23(14-4-6-18-7-5-14)17-11-19-16-8-12(2-3-15(16)22-17)13-9-20-21-10-13/h2-11H,1H3,(H,20,21). The summed E-state index contributed by atoms with van der Waals surface area (Å²) in [5.41, 5.74) is 4.83. The van der Waals surface area contributed by atoms with Crippen LogP contribution in [0.5, 0.6) is 0 Å². The number of nitrogens with one attached hydrogen (secondary N) is 1. The summed E-state index contributed by atoms with van der Waals surface area (Å²) in [6.07, 6.45) is 8.96. The van der Waals surface area contributed by atoms with Gasteiger partial charge in [0.1, 0.15) is 0 Å². The molecule has 6 nitrogen and oxygen atoms in total. The number of aromatic nitrogens is 5. The molecule has 1 N–H and O–H groups in total. The van der Waals surface area contributed by atoms with Crippen molar-refractivity contribution in [3.63, 3.8) is 0 Å². The number of nitrogens with zero attached hydrogens (tertiary/aromatic N) is 5. The van der Waals surface area contributed by atoms with Crippen LogP contribution in [0.3, 0.4) is 0 Å². The Labute approximate surface area is 132 Å². The molecule has 0 saturated heterocycles. The Morgan fingerprint density at radius 3 is 2.61 bits per heavy atom. The summed E-state index contributed by atoms with van der Waals surface area (Å²) in [7, 11) is 1.96. The SMILES string of the molecule is CN(c1ccncc1)c1cnc2cc(-c3cn[nH]c3)ccc2n1. The number of hydrogen-bond donors (Lipinski definition) is 1. The first kappa shape index (κ1) is 13.4. The highest BCUT2D eigenvalue weighted by molar-refractivity contribution is 5.82. The van der Waals surface area contributed by atoms with E-state index in [1.165, 1.54) is 0 Å². The molecule has 0 atom stereocenters. The fraction of sp³-hybridized carbons (Fsp3) is 0.0588. The predicted octanol–water partition coefficient (Wildman–Crippen LogP) is 3.18. The lowest BCUT2D eigenvalue weighted by Crippen LogP contribution is -2.11. The maximum Gasteiger partial charge on any atom is 0.152 e. The van der Waals surface area contributed by atoms with Crippen LogP contribution in [-0.4, -0.2) is 32.2 Å². The molecule has 0 spiro atoms. The maximum absolute atomic E-state index is 4.69. The summed E-state index contributed by atoms with van der Waals surface area (Å²) in [6.45, 7) is 0. The van der Waals surface area contributed by atoms with Gasteiger partial charge in [0.15, 0.2) is 5.82 Å². The number of pyridine rings is 1. The topological polar surface area (TPSA) is 70.6 Å². The minimum atomic E-state index is 0.791. The Morgan fingerprint density at radius 1 is 0.957 bits per heavy atom. The molecule has 23 heavy (non-hydrogen) atoms. The van der Waals surface area contributed by atoms with Gasteiger partial charge in [0.2, 0.25) is 0 Å². The molecule has 0 amide bonds. The summed E-state index contributed by atoms with van der Waals surface area (Å²) < 4.78 is 0. The highest BCUT2D eigenvalue weighted by Gasteiger charge is 2.08. The summed E-state index contributed by atoms with van der Waals surface area (Å²) in [4.78, 5) is 15.3. The second-order valence-corrected chi connectivity index (χ2v) is 5.18. The average Bonchev–Trinajstić information content (AvgIpc) is 3.15. The van der Waals surface area contributed by atoms with Gasteiger partial charge in [-0.3, -0.25) is 15.1 Å². The molecule has 0 bridgehead atoms. The van der Waals surface area contributed by atoms with Gasteiger partial charge in [-0.1, -0.05) is 6.07 Å². The number of fused-ring (bicyclic) bond motifs is 1. The largest absolute Gasteiger partial charge is 0.328 e. The molecule has 6 heteroatoms. The van der Waals surface area contributed by atoms with Gasteiger partial charge in [-0.15, -0.1) is 0 Å². The van der Waals surface area contributed by atoms with E-state index in [1.807, 2.05) is 48.5 Å². The first-order valence-electron chi connectivity index (χ1n) is 7.21. The van der Waals surface area contributed by atoms with E-state index in [0.717, 1.165) is 33.7 Å². The maximum atomic E-state index is 4.69. The summed E-state index contributed by atoms with van der Waals surface area (Å²) >= 11 is 0. The zero-order valence-electron chi connectivity index (χ0n) is 12.5. The molecular weight excluding hydrogens is 288 g/mol. The lowest BCUT2D eigenvalue weighted by molar-refractivity contribution is 1.09. The number of rotatable bonds is 3. The van der Waals surface area contributed by atoms with Crippen molar-refractivity contribution in [2.24, 2.45) is 0 Å². The van der Waals surface area contributed by atoms with Crippen molar-refractivity contribution in [2.75, 3.05) is 11.9 Å². The minimum absolute atomic E-state index is 0.791. The van der Waals surface area contributed by atoms with Crippen molar-refractivity contribution in [1.82, 2.24) is 25.1 Å². The fourth-order valence-electron chi connectivity index (χ4n) is 2.45. The number of H-pyrrole nitrogens is 1. The number of anilines is 2. The number of benzene rings is 1. The van der Waals surface area contributed by atoms with Crippen molar-refractivity contribution in [2.45, 2.75) is 0 Å². The van der Waals surface area contributed by atoms with E-state index in [9.17, 15) is 0 Å². The van der Waals surface area contributed by atoms with Crippen LogP contribution in [0.15, 0.2) is 61.3 Å². The fourth-order valence-corrected chi connectivity index (χ4v) is 2.45. The van der Waals surface area contributed by atoms with Gasteiger partial charge in [-0.25, -0.2) is 4.98 Å². The van der Waals surface area contributed by atoms with Crippen LogP contribution in [0.25, 0.3) is 22.2 Å². The monoisotopic (exact) mass is 302 g/mol. The van der Waals surface area contributed by atoms with Crippen LogP contribution >= 0.6 is 0 Å². The average molecular weight is 302 g/mol. The molecule has 0 aliphatic rings. The zero-order valence-corrected chi connectivity index (χ0v) is 12.5. The van der Waals surface area contributed by atoms with E-state index < -0.39 is 0 Å². The minimum Gasteiger partial charge on any atom is -0.328 e. The second kappa shape index (κ2) is 5.49. The van der Waals surface area contributed by atoms with E-state index in [0.29, 0.717) is 0 Å². The third-order valence-electron chi connectivity index (χ3n) is 3.75. The summed E-state index contributed by atoms with van der Waals surface area (Å²) in [6, 6.07) is 9.90. The van der Waals surface area contributed by atoms with Crippen LogP contribution in [0.1, 0.15) is 0 Å². The van der Waals surface area contributed by atoms with E-state index in [2.05, 4.69) is 20.2 Å². The molecule has 4 aromatic rings. The van der Waals surface area contributed by atoms with E-state index in [4.69, 9.17) is 4.98 Å². The Hall–Kier alpha value is -3.28. The predicted molar refractivity (Wildman–Crippen MR) is 89.4 cm³/mol. The molecule has 112 valence electrons. The number of hydrogen-bond acceptors (Lipinski definition) is 5. The molecule has 3 aromatic heterocycles.